The molecule has 3 atom stereocenters. The zero-order valence-electron chi connectivity index (χ0n) is 11.7. The van der Waals surface area contributed by atoms with Crippen molar-refractivity contribution in [2.45, 2.75) is 37.3 Å². The lowest BCUT2D eigenvalue weighted by Crippen LogP contribution is -2.46. The molecule has 2 saturated heterocycles. The second-order valence-corrected chi connectivity index (χ2v) is 7.62. The summed E-state index contributed by atoms with van der Waals surface area (Å²) in [5, 5.41) is 0.787. The van der Waals surface area contributed by atoms with Crippen LogP contribution in [0, 0.1) is 5.92 Å². The van der Waals surface area contributed by atoms with Crippen LogP contribution in [0.2, 0.25) is 5.02 Å². The Kier molecular flexibility index (Phi) is 4.61. The van der Waals surface area contributed by atoms with Crippen LogP contribution in [0.1, 0.15) is 24.8 Å². The van der Waals surface area contributed by atoms with Gasteiger partial charge in [-0.15, -0.1) is 0 Å². The second kappa shape index (κ2) is 6.27. The van der Waals surface area contributed by atoms with Crippen LogP contribution in [0.4, 0.5) is 0 Å². The quantitative estimate of drug-likeness (QED) is 0.927. The van der Waals surface area contributed by atoms with E-state index < -0.39 is 0 Å². The minimum Gasteiger partial charge on any atom is -0.374 e. The molecular formula is C16H22ClNOS. The normalized spacial score (nSPS) is 31.6. The monoisotopic (exact) mass is 311 g/mol. The minimum absolute atomic E-state index is 0.130. The molecule has 0 aliphatic carbocycles. The van der Waals surface area contributed by atoms with E-state index in [4.69, 9.17) is 22.1 Å². The minimum atomic E-state index is 0.130. The van der Waals surface area contributed by atoms with Crippen LogP contribution in [0.25, 0.3) is 0 Å². The summed E-state index contributed by atoms with van der Waals surface area (Å²) in [6.45, 7) is 0.875. The lowest BCUT2D eigenvalue weighted by Gasteiger charge is -2.40. The molecule has 2 aliphatic heterocycles. The topological polar surface area (TPSA) is 35.2 Å². The Hall–Kier alpha value is -0.220. The number of nitrogens with two attached hydrogens (primary N) is 1. The number of halogens is 1. The third-order valence-corrected chi connectivity index (χ3v) is 6.06. The van der Waals surface area contributed by atoms with E-state index in [1.807, 2.05) is 23.9 Å². The Morgan fingerprint density at radius 3 is 2.90 bits per heavy atom. The summed E-state index contributed by atoms with van der Waals surface area (Å²) < 4.78 is 6.08. The zero-order chi connectivity index (χ0) is 14.0. The number of benzene rings is 1. The van der Waals surface area contributed by atoms with Gasteiger partial charge in [0.15, 0.2) is 0 Å². The predicted molar refractivity (Wildman–Crippen MR) is 86.5 cm³/mol. The molecule has 1 aromatic carbocycles. The molecule has 4 heteroatoms. The van der Waals surface area contributed by atoms with E-state index in [1.165, 1.54) is 17.7 Å². The molecule has 0 saturated carbocycles. The van der Waals surface area contributed by atoms with Crippen molar-refractivity contribution in [1.29, 1.82) is 0 Å². The zero-order valence-corrected chi connectivity index (χ0v) is 13.3. The second-order valence-electron chi connectivity index (χ2n) is 6.08. The van der Waals surface area contributed by atoms with Gasteiger partial charge >= 0.3 is 0 Å². The summed E-state index contributed by atoms with van der Waals surface area (Å²) >= 11 is 7.95. The lowest BCUT2D eigenvalue weighted by molar-refractivity contribution is -0.0831. The Morgan fingerprint density at radius 2 is 2.20 bits per heavy atom. The molecule has 0 amide bonds. The van der Waals surface area contributed by atoms with Crippen LogP contribution in [-0.4, -0.2) is 29.8 Å². The van der Waals surface area contributed by atoms with Crippen LogP contribution >= 0.6 is 23.4 Å². The van der Waals surface area contributed by atoms with E-state index >= 15 is 0 Å². The predicted octanol–water partition coefficient (Wildman–Crippen LogP) is 3.51. The fourth-order valence-electron chi connectivity index (χ4n) is 3.35. The van der Waals surface area contributed by atoms with Gasteiger partial charge in [0.1, 0.15) is 0 Å². The summed E-state index contributed by atoms with van der Waals surface area (Å²) in [5.74, 6) is 2.97. The maximum atomic E-state index is 6.47. The fraction of sp³-hybridized carbons (Fsp3) is 0.625. The van der Waals surface area contributed by atoms with Gasteiger partial charge in [-0.05, 0) is 55.1 Å². The summed E-state index contributed by atoms with van der Waals surface area (Å²) in [7, 11) is 0. The first-order valence-corrected chi connectivity index (χ1v) is 8.92. The average Bonchev–Trinajstić information content (AvgIpc) is 2.89. The standard InChI is InChI=1S/C16H22ClNOS/c17-14-3-1-12(2-4-14)9-15(18)13-5-7-19-16(10-13)6-8-20-11-16/h1-4,13,15H,5-11,18H2. The maximum Gasteiger partial charge on any atom is 0.0783 e. The molecule has 20 heavy (non-hydrogen) atoms. The largest absolute Gasteiger partial charge is 0.374 e. The molecule has 0 radical (unpaired) electrons. The molecule has 2 nitrogen and oxygen atoms in total. The van der Waals surface area contributed by atoms with E-state index in [-0.39, 0.29) is 11.6 Å². The van der Waals surface area contributed by atoms with Crippen molar-refractivity contribution in [3.05, 3.63) is 34.9 Å². The molecule has 2 fully saturated rings. The van der Waals surface area contributed by atoms with E-state index in [9.17, 15) is 0 Å². The smallest absolute Gasteiger partial charge is 0.0783 e. The maximum absolute atomic E-state index is 6.47. The number of thioether (sulfide) groups is 1. The molecular weight excluding hydrogens is 290 g/mol. The SMILES string of the molecule is NC(Cc1ccc(Cl)cc1)C1CCOC2(CCSC2)C1. The highest BCUT2D eigenvalue weighted by atomic mass is 35.5. The number of rotatable bonds is 3. The van der Waals surface area contributed by atoms with E-state index in [0.29, 0.717) is 5.92 Å². The van der Waals surface area contributed by atoms with E-state index in [1.54, 1.807) is 0 Å². The summed E-state index contributed by atoms with van der Waals surface area (Å²) in [6, 6.07) is 8.29. The van der Waals surface area contributed by atoms with Crippen molar-refractivity contribution in [3.63, 3.8) is 0 Å². The van der Waals surface area contributed by atoms with Gasteiger partial charge in [0.05, 0.1) is 5.60 Å². The molecule has 2 heterocycles. The number of hydrogen-bond donors (Lipinski definition) is 1. The highest BCUT2D eigenvalue weighted by Gasteiger charge is 2.41. The van der Waals surface area contributed by atoms with Crippen molar-refractivity contribution >= 4 is 23.4 Å². The molecule has 2 N–H and O–H groups in total. The first kappa shape index (κ1) is 14.7. The van der Waals surface area contributed by atoms with Crippen molar-refractivity contribution in [2.75, 3.05) is 18.1 Å². The Balaban J connectivity index is 1.61. The van der Waals surface area contributed by atoms with Gasteiger partial charge < -0.3 is 10.5 Å². The van der Waals surface area contributed by atoms with E-state index in [0.717, 1.165) is 36.6 Å². The summed E-state index contributed by atoms with van der Waals surface area (Å²) in [4.78, 5) is 0. The lowest BCUT2D eigenvalue weighted by atomic mass is 9.80. The number of ether oxygens (including phenoxy) is 1. The molecule has 0 bridgehead atoms. The molecule has 110 valence electrons. The molecule has 3 rings (SSSR count). The molecule has 0 aromatic heterocycles. The van der Waals surface area contributed by atoms with Gasteiger partial charge in [0, 0.05) is 23.4 Å². The Labute approximate surface area is 130 Å². The van der Waals surface area contributed by atoms with Gasteiger partial charge in [-0.1, -0.05) is 23.7 Å². The van der Waals surface area contributed by atoms with Crippen LogP contribution in [-0.2, 0) is 11.2 Å². The molecule has 1 spiro atoms. The average molecular weight is 312 g/mol. The first-order chi connectivity index (χ1) is 9.67. The van der Waals surface area contributed by atoms with Crippen molar-refractivity contribution in [1.82, 2.24) is 0 Å². The Morgan fingerprint density at radius 1 is 1.40 bits per heavy atom. The first-order valence-electron chi connectivity index (χ1n) is 7.39. The number of hydrogen-bond acceptors (Lipinski definition) is 3. The van der Waals surface area contributed by atoms with Gasteiger partial charge in [-0.25, -0.2) is 0 Å². The molecule has 2 aliphatic rings. The molecule has 3 unspecified atom stereocenters. The van der Waals surface area contributed by atoms with Gasteiger partial charge in [-0.2, -0.15) is 11.8 Å². The van der Waals surface area contributed by atoms with Gasteiger partial charge in [0.2, 0.25) is 0 Å². The van der Waals surface area contributed by atoms with Crippen molar-refractivity contribution in [3.8, 4) is 0 Å². The van der Waals surface area contributed by atoms with Crippen LogP contribution < -0.4 is 5.73 Å². The third kappa shape index (κ3) is 3.33. The van der Waals surface area contributed by atoms with Gasteiger partial charge in [-0.3, -0.25) is 0 Å². The van der Waals surface area contributed by atoms with Gasteiger partial charge in [0.25, 0.3) is 0 Å². The van der Waals surface area contributed by atoms with E-state index in [2.05, 4.69) is 12.1 Å². The summed E-state index contributed by atoms with van der Waals surface area (Å²) in [5.41, 5.74) is 7.89. The van der Waals surface area contributed by atoms with Crippen molar-refractivity contribution in [2.24, 2.45) is 11.7 Å². The van der Waals surface area contributed by atoms with Crippen molar-refractivity contribution < 1.29 is 4.74 Å². The fourth-order valence-corrected chi connectivity index (χ4v) is 4.86. The Bertz CT molecular complexity index is 444. The highest BCUT2D eigenvalue weighted by molar-refractivity contribution is 7.99. The molecule has 1 aromatic rings. The summed E-state index contributed by atoms with van der Waals surface area (Å²) in [6.07, 6.45) is 4.36. The third-order valence-electron chi connectivity index (χ3n) is 4.59. The highest BCUT2D eigenvalue weighted by Crippen LogP contribution is 2.41. The van der Waals surface area contributed by atoms with Crippen LogP contribution in [0.5, 0.6) is 0 Å². The van der Waals surface area contributed by atoms with Crippen LogP contribution in [0.15, 0.2) is 24.3 Å². The van der Waals surface area contributed by atoms with Crippen LogP contribution in [0.3, 0.4) is 0 Å².